The van der Waals surface area contributed by atoms with Crippen molar-refractivity contribution < 1.29 is 23.9 Å². The molecule has 1 saturated carbocycles. The zero-order valence-electron chi connectivity index (χ0n) is 18.0. The van der Waals surface area contributed by atoms with E-state index in [0.717, 1.165) is 12.8 Å². The highest BCUT2D eigenvalue weighted by atomic mass is 16.5. The van der Waals surface area contributed by atoms with Gasteiger partial charge in [-0.15, -0.1) is 0 Å². The van der Waals surface area contributed by atoms with Crippen LogP contribution in [0.1, 0.15) is 48.7 Å². The van der Waals surface area contributed by atoms with Crippen LogP contribution in [0.3, 0.4) is 0 Å². The first-order valence-corrected chi connectivity index (χ1v) is 10.4. The molecule has 1 fully saturated rings. The van der Waals surface area contributed by atoms with E-state index in [1.165, 1.54) is 7.11 Å². The van der Waals surface area contributed by atoms with Crippen LogP contribution in [-0.4, -0.2) is 37.0 Å². The Morgan fingerprint density at radius 3 is 2.23 bits per heavy atom. The second kappa shape index (κ2) is 10.1. The fourth-order valence-corrected chi connectivity index (χ4v) is 3.14. The summed E-state index contributed by atoms with van der Waals surface area (Å²) < 4.78 is 10.9. The molecule has 31 heavy (non-hydrogen) atoms. The van der Waals surface area contributed by atoms with Crippen LogP contribution in [0.2, 0.25) is 0 Å². The van der Waals surface area contributed by atoms with Crippen molar-refractivity contribution in [1.29, 1.82) is 0 Å². The van der Waals surface area contributed by atoms with E-state index in [2.05, 4.69) is 10.6 Å². The lowest BCUT2D eigenvalue weighted by atomic mass is 10.0. The highest BCUT2D eigenvalue weighted by Crippen LogP contribution is 2.24. The molecule has 0 unspecified atom stereocenters. The normalized spacial score (nSPS) is 15.0. The molecule has 0 aliphatic heterocycles. The summed E-state index contributed by atoms with van der Waals surface area (Å²) in [6.07, 6.45) is 0.758. The van der Waals surface area contributed by atoms with Gasteiger partial charge in [-0.1, -0.05) is 56.3 Å². The smallest absolute Gasteiger partial charge is 0.330 e. The fourth-order valence-electron chi connectivity index (χ4n) is 3.14. The summed E-state index contributed by atoms with van der Waals surface area (Å²) in [4.78, 5) is 38.6. The minimum Gasteiger partial charge on any atom is -0.496 e. The van der Waals surface area contributed by atoms with Gasteiger partial charge in [0.2, 0.25) is 6.10 Å². The van der Waals surface area contributed by atoms with Gasteiger partial charge in [-0.3, -0.25) is 9.59 Å². The molecule has 0 spiro atoms. The standard InChI is InChI=1S/C24H28N2O5/c1-15(2)20(26-22(27)18-11-7-8-12-19(18)30-3)24(29)31-21(16-9-5-4-6-10-16)23(28)25-17-13-14-17/h4-12,15,17,20-21H,13-14H2,1-3H3,(H,25,28)(H,26,27)/t20-,21+/m0/s1. The second-order valence-corrected chi connectivity index (χ2v) is 7.91. The summed E-state index contributed by atoms with van der Waals surface area (Å²) >= 11 is 0. The van der Waals surface area contributed by atoms with Gasteiger partial charge in [0.15, 0.2) is 0 Å². The molecule has 0 heterocycles. The number of methoxy groups -OCH3 is 1. The van der Waals surface area contributed by atoms with E-state index >= 15 is 0 Å². The Morgan fingerprint density at radius 1 is 0.968 bits per heavy atom. The Balaban J connectivity index is 1.77. The van der Waals surface area contributed by atoms with E-state index < -0.39 is 24.0 Å². The summed E-state index contributed by atoms with van der Waals surface area (Å²) in [6.45, 7) is 3.60. The molecular formula is C24H28N2O5. The van der Waals surface area contributed by atoms with Crippen molar-refractivity contribution >= 4 is 17.8 Å². The molecule has 2 N–H and O–H groups in total. The molecule has 7 nitrogen and oxygen atoms in total. The molecule has 0 bridgehead atoms. The van der Waals surface area contributed by atoms with E-state index in [1.807, 2.05) is 6.07 Å². The Morgan fingerprint density at radius 2 is 1.61 bits per heavy atom. The third kappa shape index (κ3) is 5.84. The fraction of sp³-hybridized carbons (Fsp3) is 0.375. The lowest BCUT2D eigenvalue weighted by Gasteiger charge is -2.25. The highest BCUT2D eigenvalue weighted by Gasteiger charge is 2.34. The number of para-hydroxylation sites is 1. The minimum atomic E-state index is -1.08. The number of esters is 1. The van der Waals surface area contributed by atoms with Gasteiger partial charge in [0.1, 0.15) is 11.8 Å². The number of rotatable bonds is 9. The van der Waals surface area contributed by atoms with Crippen LogP contribution in [0.4, 0.5) is 0 Å². The molecule has 1 aliphatic rings. The number of hydrogen-bond acceptors (Lipinski definition) is 5. The largest absolute Gasteiger partial charge is 0.496 e. The topological polar surface area (TPSA) is 93.7 Å². The van der Waals surface area contributed by atoms with Crippen LogP contribution < -0.4 is 15.4 Å². The minimum absolute atomic E-state index is 0.128. The van der Waals surface area contributed by atoms with E-state index in [1.54, 1.807) is 62.4 Å². The van der Waals surface area contributed by atoms with Crippen LogP contribution in [0.5, 0.6) is 5.75 Å². The summed E-state index contributed by atoms with van der Waals surface area (Å²) in [5.41, 5.74) is 0.891. The third-order valence-corrected chi connectivity index (χ3v) is 5.06. The van der Waals surface area contributed by atoms with Crippen LogP contribution in [0.25, 0.3) is 0 Å². The number of carbonyl (C=O) groups excluding carboxylic acids is 3. The van der Waals surface area contributed by atoms with Gasteiger partial charge < -0.3 is 20.1 Å². The zero-order chi connectivity index (χ0) is 22.4. The second-order valence-electron chi connectivity index (χ2n) is 7.91. The summed E-state index contributed by atoms with van der Waals surface area (Å²) in [6, 6.07) is 14.8. The number of benzene rings is 2. The molecule has 1 aliphatic carbocycles. The quantitative estimate of drug-likeness (QED) is 0.604. The SMILES string of the molecule is COc1ccccc1C(=O)N[C@H](C(=O)O[C@@H](C(=O)NC1CC1)c1ccccc1)C(C)C. The predicted molar refractivity (Wildman–Crippen MR) is 116 cm³/mol. The first-order valence-electron chi connectivity index (χ1n) is 10.4. The van der Waals surface area contributed by atoms with Gasteiger partial charge in [0, 0.05) is 11.6 Å². The van der Waals surface area contributed by atoms with E-state index in [-0.39, 0.29) is 17.9 Å². The van der Waals surface area contributed by atoms with Crippen molar-refractivity contribution in [3.05, 3.63) is 65.7 Å². The molecule has 2 amide bonds. The molecule has 2 atom stereocenters. The number of carbonyl (C=O) groups is 3. The first-order chi connectivity index (χ1) is 14.9. The van der Waals surface area contributed by atoms with Crippen LogP contribution in [0.15, 0.2) is 54.6 Å². The first kappa shape index (κ1) is 22.3. The van der Waals surface area contributed by atoms with Gasteiger partial charge in [-0.25, -0.2) is 4.79 Å². The van der Waals surface area contributed by atoms with Gasteiger partial charge in [0.05, 0.1) is 12.7 Å². The lowest BCUT2D eigenvalue weighted by molar-refractivity contribution is -0.159. The van der Waals surface area contributed by atoms with Crippen molar-refractivity contribution in [2.45, 2.75) is 44.9 Å². The maximum Gasteiger partial charge on any atom is 0.330 e. The highest BCUT2D eigenvalue weighted by molar-refractivity contribution is 5.99. The van der Waals surface area contributed by atoms with Crippen molar-refractivity contribution in [2.75, 3.05) is 7.11 Å². The maximum atomic E-state index is 13.0. The zero-order valence-corrected chi connectivity index (χ0v) is 18.0. The van der Waals surface area contributed by atoms with Gasteiger partial charge in [0.25, 0.3) is 11.8 Å². The van der Waals surface area contributed by atoms with Gasteiger partial charge in [-0.2, -0.15) is 0 Å². The molecule has 0 radical (unpaired) electrons. The van der Waals surface area contributed by atoms with Gasteiger partial charge in [-0.05, 0) is 30.9 Å². The monoisotopic (exact) mass is 424 g/mol. The van der Waals surface area contributed by atoms with Crippen molar-refractivity contribution in [2.24, 2.45) is 5.92 Å². The lowest BCUT2D eigenvalue weighted by Crippen LogP contribution is -2.46. The van der Waals surface area contributed by atoms with Crippen LogP contribution >= 0.6 is 0 Å². The Kier molecular flexibility index (Phi) is 7.28. The van der Waals surface area contributed by atoms with Crippen molar-refractivity contribution in [3.8, 4) is 5.75 Å². The molecular weight excluding hydrogens is 396 g/mol. The summed E-state index contributed by atoms with van der Waals surface area (Å²) in [5, 5.41) is 5.62. The Labute approximate surface area is 182 Å². The number of nitrogens with one attached hydrogen (secondary N) is 2. The predicted octanol–water partition coefficient (Wildman–Crippen LogP) is 3.01. The molecule has 0 saturated heterocycles. The van der Waals surface area contributed by atoms with Crippen molar-refractivity contribution in [3.63, 3.8) is 0 Å². The van der Waals surface area contributed by atoms with Crippen LogP contribution in [-0.2, 0) is 14.3 Å². The van der Waals surface area contributed by atoms with E-state index in [9.17, 15) is 14.4 Å². The summed E-state index contributed by atoms with van der Waals surface area (Å²) in [5.74, 6) is -1.33. The molecule has 0 aromatic heterocycles. The molecule has 2 aromatic carbocycles. The molecule has 3 rings (SSSR count). The maximum absolute atomic E-state index is 13.0. The number of hydrogen-bond donors (Lipinski definition) is 2. The molecule has 2 aromatic rings. The van der Waals surface area contributed by atoms with Gasteiger partial charge >= 0.3 is 5.97 Å². The van der Waals surface area contributed by atoms with Crippen molar-refractivity contribution in [1.82, 2.24) is 10.6 Å². The average Bonchev–Trinajstić information content (AvgIpc) is 3.59. The van der Waals surface area contributed by atoms with E-state index in [0.29, 0.717) is 16.9 Å². The van der Waals surface area contributed by atoms with Crippen LogP contribution in [0, 0.1) is 5.92 Å². The van der Waals surface area contributed by atoms with E-state index in [4.69, 9.17) is 9.47 Å². The molecule has 7 heteroatoms. The Hall–Kier alpha value is -3.35. The number of amides is 2. The Bertz CT molecular complexity index is 925. The number of ether oxygens (including phenoxy) is 2. The third-order valence-electron chi connectivity index (χ3n) is 5.06. The average molecular weight is 424 g/mol. The molecule has 164 valence electrons. The summed E-state index contributed by atoms with van der Waals surface area (Å²) in [7, 11) is 1.48.